The van der Waals surface area contributed by atoms with Gasteiger partial charge in [-0.25, -0.2) is 4.39 Å². The van der Waals surface area contributed by atoms with Gasteiger partial charge in [0, 0.05) is 0 Å². The largest absolute Gasteiger partial charge is 0.246 e. The van der Waals surface area contributed by atoms with Gasteiger partial charge in [-0.15, -0.1) is 0 Å². The fourth-order valence-electron chi connectivity index (χ4n) is 1.49. The summed E-state index contributed by atoms with van der Waals surface area (Å²) in [6.07, 6.45) is 0. The van der Waals surface area contributed by atoms with Crippen LogP contribution in [0, 0.1) is 0 Å². The molecule has 0 aliphatic rings. The fourth-order valence-corrected chi connectivity index (χ4v) is 1.49. The lowest BCUT2D eigenvalue weighted by atomic mass is 9.93. The minimum atomic E-state index is -0.361. The standard InChI is InChI=1S/C13H19F/c1-9(2)12-5-11(8-14)6-13(7-12)10(3)4/h5-7,9-10H,8H2,1-4H3. The molecule has 0 radical (unpaired) electrons. The molecule has 0 fully saturated rings. The first-order chi connectivity index (χ1) is 6.54. The molecule has 0 unspecified atom stereocenters. The Morgan fingerprint density at radius 1 is 0.929 bits per heavy atom. The number of hydrogen-bond acceptors (Lipinski definition) is 0. The molecule has 14 heavy (non-hydrogen) atoms. The molecule has 0 spiro atoms. The van der Waals surface area contributed by atoms with E-state index in [2.05, 4.69) is 33.8 Å². The molecule has 0 saturated carbocycles. The molecule has 0 aromatic heterocycles. The van der Waals surface area contributed by atoms with E-state index in [1.165, 1.54) is 11.1 Å². The van der Waals surface area contributed by atoms with Gasteiger partial charge in [0.15, 0.2) is 0 Å². The van der Waals surface area contributed by atoms with Crippen molar-refractivity contribution in [3.63, 3.8) is 0 Å². The van der Waals surface area contributed by atoms with Crippen LogP contribution in [0.1, 0.15) is 56.2 Å². The van der Waals surface area contributed by atoms with Gasteiger partial charge >= 0.3 is 0 Å². The lowest BCUT2D eigenvalue weighted by molar-refractivity contribution is 0.484. The molecule has 0 N–H and O–H groups in total. The Kier molecular flexibility index (Phi) is 3.68. The van der Waals surface area contributed by atoms with Crippen molar-refractivity contribution in [3.8, 4) is 0 Å². The first kappa shape index (κ1) is 11.2. The maximum Gasteiger partial charge on any atom is 0.115 e. The number of hydrogen-bond donors (Lipinski definition) is 0. The summed E-state index contributed by atoms with van der Waals surface area (Å²) in [6.45, 7) is 8.20. The highest BCUT2D eigenvalue weighted by molar-refractivity contribution is 5.33. The van der Waals surface area contributed by atoms with Crippen LogP contribution in [0.15, 0.2) is 18.2 Å². The third-order valence-corrected chi connectivity index (χ3v) is 2.53. The van der Waals surface area contributed by atoms with Crippen molar-refractivity contribution in [2.45, 2.75) is 46.2 Å². The summed E-state index contributed by atoms with van der Waals surface area (Å²) in [5.41, 5.74) is 3.28. The van der Waals surface area contributed by atoms with E-state index < -0.39 is 0 Å². The molecule has 1 heteroatoms. The highest BCUT2D eigenvalue weighted by atomic mass is 19.1. The fraction of sp³-hybridized carbons (Fsp3) is 0.538. The van der Waals surface area contributed by atoms with Crippen molar-refractivity contribution < 1.29 is 4.39 Å². The average Bonchev–Trinajstić information content (AvgIpc) is 2.16. The number of alkyl halides is 1. The van der Waals surface area contributed by atoms with E-state index in [1.807, 2.05) is 12.1 Å². The van der Waals surface area contributed by atoms with Crippen LogP contribution < -0.4 is 0 Å². The molecular weight excluding hydrogens is 175 g/mol. The van der Waals surface area contributed by atoms with Crippen LogP contribution in [-0.4, -0.2) is 0 Å². The van der Waals surface area contributed by atoms with Gasteiger partial charge in [0.2, 0.25) is 0 Å². The molecule has 0 saturated heterocycles. The third kappa shape index (κ3) is 2.57. The van der Waals surface area contributed by atoms with Gasteiger partial charge in [0.25, 0.3) is 0 Å². The maximum absolute atomic E-state index is 12.6. The van der Waals surface area contributed by atoms with Gasteiger partial charge < -0.3 is 0 Å². The van der Waals surface area contributed by atoms with E-state index in [9.17, 15) is 4.39 Å². The van der Waals surface area contributed by atoms with E-state index in [0.717, 1.165) is 5.56 Å². The van der Waals surface area contributed by atoms with E-state index in [0.29, 0.717) is 11.8 Å². The van der Waals surface area contributed by atoms with E-state index in [4.69, 9.17) is 0 Å². The summed E-state index contributed by atoms with van der Waals surface area (Å²) in [6, 6.07) is 6.13. The van der Waals surface area contributed by atoms with Crippen LogP contribution in [-0.2, 0) is 6.67 Å². The number of rotatable bonds is 3. The Labute approximate surface area is 86.2 Å². The molecule has 1 aromatic rings. The Morgan fingerprint density at radius 2 is 1.36 bits per heavy atom. The Morgan fingerprint density at radius 3 is 1.64 bits per heavy atom. The smallest absolute Gasteiger partial charge is 0.115 e. The minimum absolute atomic E-state index is 0.361. The van der Waals surface area contributed by atoms with Gasteiger partial charge in [0.05, 0.1) is 0 Å². The first-order valence-electron chi connectivity index (χ1n) is 5.24. The summed E-state index contributed by atoms with van der Waals surface area (Å²) in [5, 5.41) is 0. The van der Waals surface area contributed by atoms with Crippen molar-refractivity contribution in [2.75, 3.05) is 0 Å². The third-order valence-electron chi connectivity index (χ3n) is 2.53. The number of benzene rings is 1. The molecule has 78 valence electrons. The first-order valence-corrected chi connectivity index (χ1v) is 5.24. The zero-order chi connectivity index (χ0) is 10.7. The summed E-state index contributed by atoms with van der Waals surface area (Å²) >= 11 is 0. The van der Waals surface area contributed by atoms with Gasteiger partial charge in [-0.3, -0.25) is 0 Å². The lowest BCUT2D eigenvalue weighted by Gasteiger charge is -2.12. The van der Waals surface area contributed by atoms with Crippen molar-refractivity contribution in [2.24, 2.45) is 0 Å². The average molecular weight is 194 g/mol. The van der Waals surface area contributed by atoms with Crippen LogP contribution >= 0.6 is 0 Å². The summed E-state index contributed by atoms with van der Waals surface area (Å²) in [5.74, 6) is 0.943. The van der Waals surface area contributed by atoms with Crippen LogP contribution in [0.5, 0.6) is 0 Å². The van der Waals surface area contributed by atoms with Gasteiger partial charge in [-0.1, -0.05) is 45.9 Å². The molecule has 1 aromatic carbocycles. The Balaban J connectivity index is 3.13. The predicted molar refractivity (Wildman–Crippen MR) is 59.4 cm³/mol. The monoisotopic (exact) mass is 194 g/mol. The number of halogens is 1. The van der Waals surface area contributed by atoms with Crippen molar-refractivity contribution in [1.29, 1.82) is 0 Å². The summed E-state index contributed by atoms with van der Waals surface area (Å²) in [7, 11) is 0. The van der Waals surface area contributed by atoms with Crippen LogP contribution in [0.25, 0.3) is 0 Å². The SMILES string of the molecule is CC(C)c1cc(CF)cc(C(C)C)c1. The van der Waals surface area contributed by atoms with Crippen molar-refractivity contribution >= 4 is 0 Å². The molecule has 0 atom stereocenters. The maximum atomic E-state index is 12.6. The van der Waals surface area contributed by atoms with E-state index in [-0.39, 0.29) is 6.67 Å². The Hall–Kier alpha value is -0.850. The molecule has 0 bridgehead atoms. The molecule has 0 amide bonds. The van der Waals surface area contributed by atoms with Crippen LogP contribution in [0.3, 0.4) is 0 Å². The highest BCUT2D eigenvalue weighted by Gasteiger charge is 2.06. The predicted octanol–water partition coefficient (Wildman–Crippen LogP) is 4.40. The second kappa shape index (κ2) is 4.59. The summed E-state index contributed by atoms with van der Waals surface area (Å²) in [4.78, 5) is 0. The quantitative estimate of drug-likeness (QED) is 0.669. The van der Waals surface area contributed by atoms with Crippen molar-refractivity contribution in [1.82, 2.24) is 0 Å². The molecule has 0 heterocycles. The summed E-state index contributed by atoms with van der Waals surface area (Å²) < 4.78 is 12.6. The zero-order valence-corrected chi connectivity index (χ0v) is 9.47. The second-order valence-electron chi connectivity index (χ2n) is 4.45. The zero-order valence-electron chi connectivity index (χ0n) is 9.47. The topological polar surface area (TPSA) is 0 Å². The molecule has 0 nitrogen and oxygen atoms in total. The van der Waals surface area contributed by atoms with E-state index >= 15 is 0 Å². The second-order valence-corrected chi connectivity index (χ2v) is 4.45. The molecular formula is C13H19F. The molecule has 0 aliphatic carbocycles. The normalized spacial score (nSPS) is 11.4. The van der Waals surface area contributed by atoms with Crippen molar-refractivity contribution in [3.05, 3.63) is 34.9 Å². The minimum Gasteiger partial charge on any atom is -0.246 e. The molecule has 1 rings (SSSR count). The van der Waals surface area contributed by atoms with E-state index in [1.54, 1.807) is 0 Å². The van der Waals surface area contributed by atoms with Gasteiger partial charge in [-0.2, -0.15) is 0 Å². The van der Waals surface area contributed by atoms with Crippen LogP contribution in [0.2, 0.25) is 0 Å². The highest BCUT2D eigenvalue weighted by Crippen LogP contribution is 2.23. The van der Waals surface area contributed by atoms with Crippen LogP contribution in [0.4, 0.5) is 4.39 Å². The van der Waals surface area contributed by atoms with Gasteiger partial charge in [0.1, 0.15) is 6.67 Å². The van der Waals surface area contributed by atoms with Gasteiger partial charge in [-0.05, 0) is 28.5 Å². The molecule has 0 aliphatic heterocycles. The Bertz CT molecular complexity index is 274. The lowest BCUT2D eigenvalue weighted by Crippen LogP contribution is -1.95.